The molecule has 0 saturated heterocycles. The molecule has 3 amide bonds. The van der Waals surface area contributed by atoms with Crippen LogP contribution in [0, 0.1) is 6.92 Å². The standard InChI is InChI=1S/C28H21N3O3S/c1-18-10-6-9-15-25(18)31-26(33)23-14-8-7-13-22(23)24(27(31)34)16-20-17-35-28(29-20)30(19(2)32)21-11-4-3-5-12-21/h3-17H,1-2H3/b24-16+. The molecule has 7 heteroatoms. The van der Waals surface area contributed by atoms with E-state index in [2.05, 4.69) is 4.98 Å². The molecule has 1 aliphatic rings. The summed E-state index contributed by atoms with van der Waals surface area (Å²) in [5.41, 5.74) is 4.00. The zero-order chi connectivity index (χ0) is 24.5. The summed E-state index contributed by atoms with van der Waals surface area (Å²) in [7, 11) is 0. The number of carbonyl (C=O) groups excluding carboxylic acids is 3. The van der Waals surface area contributed by atoms with Crippen molar-refractivity contribution in [3.8, 4) is 0 Å². The maximum Gasteiger partial charge on any atom is 0.266 e. The number of amides is 3. The highest BCUT2D eigenvalue weighted by atomic mass is 32.1. The van der Waals surface area contributed by atoms with Crippen LogP contribution in [0.5, 0.6) is 0 Å². The number of hydrogen-bond donors (Lipinski definition) is 0. The first-order valence-corrected chi connectivity index (χ1v) is 11.9. The monoisotopic (exact) mass is 479 g/mol. The molecule has 0 saturated carbocycles. The predicted octanol–water partition coefficient (Wildman–Crippen LogP) is 5.86. The maximum atomic E-state index is 13.7. The van der Waals surface area contributed by atoms with Gasteiger partial charge in [0.2, 0.25) is 5.91 Å². The molecular weight excluding hydrogens is 458 g/mol. The summed E-state index contributed by atoms with van der Waals surface area (Å²) in [6.07, 6.45) is 1.68. The van der Waals surface area contributed by atoms with Crippen LogP contribution in [0.25, 0.3) is 11.6 Å². The molecule has 2 heterocycles. The summed E-state index contributed by atoms with van der Waals surface area (Å²) in [6, 6.07) is 23.7. The van der Waals surface area contributed by atoms with Gasteiger partial charge in [-0.3, -0.25) is 19.3 Å². The van der Waals surface area contributed by atoms with Crippen molar-refractivity contribution in [2.24, 2.45) is 0 Å². The highest BCUT2D eigenvalue weighted by molar-refractivity contribution is 7.14. The minimum Gasteiger partial charge on any atom is -0.274 e. The lowest BCUT2D eigenvalue weighted by atomic mass is 9.92. The molecule has 0 unspecified atom stereocenters. The van der Waals surface area contributed by atoms with Crippen molar-refractivity contribution in [1.82, 2.24) is 4.98 Å². The van der Waals surface area contributed by atoms with Gasteiger partial charge in [0, 0.05) is 23.4 Å². The smallest absolute Gasteiger partial charge is 0.266 e. The first-order valence-electron chi connectivity index (χ1n) is 11.0. The molecule has 1 aromatic heterocycles. The van der Waals surface area contributed by atoms with Crippen molar-refractivity contribution >= 4 is 57.2 Å². The lowest BCUT2D eigenvalue weighted by Crippen LogP contribution is -2.42. The fraction of sp³-hybridized carbons (Fsp3) is 0.0714. The Morgan fingerprint density at radius 2 is 1.54 bits per heavy atom. The van der Waals surface area contributed by atoms with E-state index < -0.39 is 5.91 Å². The second kappa shape index (κ2) is 9.12. The molecule has 0 atom stereocenters. The zero-order valence-corrected chi connectivity index (χ0v) is 20.0. The van der Waals surface area contributed by atoms with Gasteiger partial charge >= 0.3 is 0 Å². The Bertz CT molecular complexity index is 1490. The van der Waals surface area contributed by atoms with Crippen molar-refractivity contribution in [3.63, 3.8) is 0 Å². The van der Waals surface area contributed by atoms with Crippen LogP contribution in [0.1, 0.15) is 34.1 Å². The summed E-state index contributed by atoms with van der Waals surface area (Å²) in [5.74, 6) is -0.938. The van der Waals surface area contributed by atoms with Crippen molar-refractivity contribution in [2.75, 3.05) is 9.80 Å². The van der Waals surface area contributed by atoms with E-state index in [4.69, 9.17) is 0 Å². The van der Waals surface area contributed by atoms with E-state index in [0.29, 0.717) is 38.9 Å². The fourth-order valence-electron chi connectivity index (χ4n) is 4.12. The van der Waals surface area contributed by atoms with Gasteiger partial charge in [0.05, 0.1) is 22.6 Å². The molecule has 0 N–H and O–H groups in total. The molecule has 172 valence electrons. The summed E-state index contributed by atoms with van der Waals surface area (Å²) in [6.45, 7) is 3.35. The second-order valence-electron chi connectivity index (χ2n) is 8.08. The molecule has 0 aliphatic carbocycles. The van der Waals surface area contributed by atoms with Gasteiger partial charge in [0.1, 0.15) is 0 Å². The molecule has 0 spiro atoms. The van der Waals surface area contributed by atoms with Crippen LogP contribution < -0.4 is 9.80 Å². The molecule has 0 fully saturated rings. The normalized spacial score (nSPS) is 14.2. The Morgan fingerprint density at radius 3 is 2.26 bits per heavy atom. The number of carbonyl (C=O) groups is 3. The molecule has 6 nitrogen and oxygen atoms in total. The Morgan fingerprint density at radius 1 is 0.886 bits per heavy atom. The highest BCUT2D eigenvalue weighted by Crippen LogP contribution is 2.36. The average Bonchev–Trinajstić information content (AvgIpc) is 3.31. The van der Waals surface area contributed by atoms with Crippen LogP contribution in [0.15, 0.2) is 84.2 Å². The number of hydrogen-bond acceptors (Lipinski definition) is 5. The SMILES string of the molecule is CC(=O)N(c1ccccc1)c1nc(/C=C2/C(=O)N(c3ccccc3C)C(=O)c3ccccc32)cs1. The number of thiazole rings is 1. The van der Waals surface area contributed by atoms with E-state index in [1.165, 1.54) is 28.1 Å². The number of imide groups is 1. The van der Waals surface area contributed by atoms with Crippen LogP contribution in [0.2, 0.25) is 0 Å². The molecule has 35 heavy (non-hydrogen) atoms. The van der Waals surface area contributed by atoms with Gasteiger partial charge in [0.25, 0.3) is 11.8 Å². The molecule has 1 aliphatic heterocycles. The summed E-state index contributed by atoms with van der Waals surface area (Å²) in [4.78, 5) is 46.8. The number of nitrogens with zero attached hydrogens (tertiary/aromatic N) is 3. The van der Waals surface area contributed by atoms with Crippen LogP contribution >= 0.6 is 11.3 Å². The summed E-state index contributed by atoms with van der Waals surface area (Å²) >= 11 is 1.31. The third kappa shape index (κ3) is 4.06. The van der Waals surface area contributed by atoms with Crippen LogP contribution in [0.4, 0.5) is 16.5 Å². The molecule has 3 aromatic carbocycles. The second-order valence-corrected chi connectivity index (χ2v) is 8.92. The van der Waals surface area contributed by atoms with Crippen molar-refractivity contribution in [1.29, 1.82) is 0 Å². The van der Waals surface area contributed by atoms with Crippen LogP contribution in [-0.2, 0) is 9.59 Å². The Hall–Kier alpha value is -4.36. The number of benzene rings is 3. The first-order chi connectivity index (χ1) is 17.0. The van der Waals surface area contributed by atoms with Crippen molar-refractivity contribution in [3.05, 3.63) is 107 Å². The summed E-state index contributed by atoms with van der Waals surface area (Å²) in [5, 5.41) is 2.30. The maximum absolute atomic E-state index is 13.7. The molecule has 0 radical (unpaired) electrons. The lowest BCUT2D eigenvalue weighted by molar-refractivity contribution is -0.116. The first kappa shape index (κ1) is 22.4. The largest absolute Gasteiger partial charge is 0.274 e. The Kier molecular flexibility index (Phi) is 5.84. The van der Waals surface area contributed by atoms with Gasteiger partial charge in [-0.15, -0.1) is 11.3 Å². The van der Waals surface area contributed by atoms with E-state index >= 15 is 0 Å². The van der Waals surface area contributed by atoms with Crippen LogP contribution in [0.3, 0.4) is 0 Å². The molecule has 4 aromatic rings. The van der Waals surface area contributed by atoms with E-state index in [1.807, 2.05) is 49.4 Å². The number of aromatic nitrogens is 1. The third-order valence-electron chi connectivity index (χ3n) is 5.76. The third-order valence-corrected chi connectivity index (χ3v) is 6.61. The van der Waals surface area contributed by atoms with Gasteiger partial charge in [-0.2, -0.15) is 0 Å². The van der Waals surface area contributed by atoms with Gasteiger partial charge in [0.15, 0.2) is 5.13 Å². The van der Waals surface area contributed by atoms with E-state index in [1.54, 1.807) is 47.9 Å². The fourth-order valence-corrected chi connectivity index (χ4v) is 4.97. The van der Waals surface area contributed by atoms with Crippen LogP contribution in [-0.4, -0.2) is 22.7 Å². The number of anilines is 3. The molecular formula is C28H21N3O3S. The quantitative estimate of drug-likeness (QED) is 0.271. The average molecular weight is 480 g/mol. The molecule has 0 bridgehead atoms. The number of rotatable bonds is 4. The Balaban J connectivity index is 1.60. The zero-order valence-electron chi connectivity index (χ0n) is 19.1. The topological polar surface area (TPSA) is 70.6 Å². The van der Waals surface area contributed by atoms with Crippen molar-refractivity contribution < 1.29 is 14.4 Å². The number of para-hydroxylation sites is 2. The molecule has 5 rings (SSSR count). The summed E-state index contributed by atoms with van der Waals surface area (Å²) < 4.78 is 0. The Labute approximate surface area is 206 Å². The van der Waals surface area contributed by atoms with Gasteiger partial charge in [-0.05, 0) is 42.8 Å². The lowest BCUT2D eigenvalue weighted by Gasteiger charge is -2.29. The number of fused-ring (bicyclic) bond motifs is 1. The van der Waals surface area contributed by atoms with E-state index in [-0.39, 0.29) is 11.8 Å². The number of aryl methyl sites for hydroxylation is 1. The van der Waals surface area contributed by atoms with E-state index in [0.717, 1.165) is 5.56 Å². The minimum atomic E-state index is -0.413. The van der Waals surface area contributed by atoms with Gasteiger partial charge in [-0.1, -0.05) is 54.6 Å². The van der Waals surface area contributed by atoms with E-state index in [9.17, 15) is 14.4 Å². The predicted molar refractivity (Wildman–Crippen MR) is 139 cm³/mol. The van der Waals surface area contributed by atoms with Crippen molar-refractivity contribution in [2.45, 2.75) is 13.8 Å². The van der Waals surface area contributed by atoms with Gasteiger partial charge in [-0.25, -0.2) is 9.88 Å². The highest BCUT2D eigenvalue weighted by Gasteiger charge is 2.36. The minimum absolute atomic E-state index is 0.167. The van der Waals surface area contributed by atoms with Gasteiger partial charge < -0.3 is 0 Å².